The Morgan fingerprint density at radius 2 is 1.45 bits per heavy atom. The second-order valence-corrected chi connectivity index (χ2v) is 2.64. The summed E-state index contributed by atoms with van der Waals surface area (Å²) >= 11 is 0. The molecule has 0 aromatic rings. The summed E-state index contributed by atoms with van der Waals surface area (Å²) in [5.74, 6) is -0.824. The Balaban J connectivity index is 0. The van der Waals surface area contributed by atoms with Crippen LogP contribution in [-0.2, 0) is 21.9 Å². The summed E-state index contributed by atoms with van der Waals surface area (Å²) in [4.78, 5) is 13.8. The van der Waals surface area contributed by atoms with E-state index in [1.54, 1.807) is 38.0 Å². The van der Waals surface area contributed by atoms with Crippen molar-refractivity contribution >= 4 is 5.97 Å². The Kier molecular flexibility index (Phi) is 6.80. The van der Waals surface area contributed by atoms with Crippen molar-refractivity contribution < 1.29 is 27.0 Å². The molecule has 1 N–H and O–H groups in total. The second kappa shape index (κ2) is 5.55. The van der Waals surface area contributed by atoms with Crippen molar-refractivity contribution in [3.63, 3.8) is 0 Å². The molecule has 0 aliphatic heterocycles. The van der Waals surface area contributed by atoms with E-state index in [-0.39, 0.29) is 17.1 Å². The average Bonchev–Trinajstić information content (AvgIpc) is 1.59. The van der Waals surface area contributed by atoms with Crippen LogP contribution in [-0.4, -0.2) is 55.2 Å². The monoisotopic (exact) mass is 209 g/mol. The first-order valence-electron chi connectivity index (χ1n) is 3.02. The number of rotatable bonds is 3. The first-order chi connectivity index (χ1) is 4.46. The van der Waals surface area contributed by atoms with E-state index in [0.29, 0.717) is 0 Å². The van der Waals surface area contributed by atoms with E-state index >= 15 is 0 Å². The fourth-order valence-corrected chi connectivity index (χ4v) is 0.904. The summed E-state index contributed by atoms with van der Waals surface area (Å²) in [7, 11) is 6.94. The Morgan fingerprint density at radius 3 is 1.45 bits per heavy atom. The van der Waals surface area contributed by atoms with E-state index in [0.717, 1.165) is 0 Å². The van der Waals surface area contributed by atoms with Gasteiger partial charge in [-0.3, -0.25) is 9.80 Å². The van der Waals surface area contributed by atoms with Crippen molar-refractivity contribution in [3.05, 3.63) is 0 Å². The summed E-state index contributed by atoms with van der Waals surface area (Å²) < 4.78 is 0. The van der Waals surface area contributed by atoms with Crippen LogP contribution in [0.1, 0.15) is 0 Å². The maximum Gasteiger partial charge on any atom is 0.336 e. The van der Waals surface area contributed by atoms with Crippen LogP contribution in [0.5, 0.6) is 0 Å². The number of carboxylic acids is 1. The second-order valence-electron chi connectivity index (χ2n) is 2.64. The van der Waals surface area contributed by atoms with Crippen LogP contribution >= 0.6 is 0 Å². The molecular weight excluding hydrogens is 196 g/mol. The molecule has 0 fully saturated rings. The van der Waals surface area contributed by atoms with Gasteiger partial charge in [-0.1, -0.05) is 0 Å². The van der Waals surface area contributed by atoms with Crippen molar-refractivity contribution in [2.75, 3.05) is 28.2 Å². The molecule has 0 aliphatic carbocycles. The summed E-state index contributed by atoms with van der Waals surface area (Å²) in [6.07, 6.45) is -0.528. The molecule has 1 radical (unpaired) electrons. The average molecular weight is 210 g/mol. The van der Waals surface area contributed by atoms with Gasteiger partial charge in [-0.25, -0.2) is 4.79 Å². The van der Waals surface area contributed by atoms with Gasteiger partial charge in [0.15, 0.2) is 6.17 Å². The molecule has 0 saturated heterocycles. The van der Waals surface area contributed by atoms with Gasteiger partial charge < -0.3 is 5.11 Å². The molecule has 0 aromatic heterocycles. The molecule has 0 saturated carbocycles. The van der Waals surface area contributed by atoms with Gasteiger partial charge in [0.1, 0.15) is 0 Å². The Morgan fingerprint density at radius 1 is 1.18 bits per heavy atom. The fraction of sp³-hybridized carbons (Fsp3) is 0.833. The molecule has 0 atom stereocenters. The molecule has 0 aliphatic rings. The van der Waals surface area contributed by atoms with Crippen LogP contribution in [0.4, 0.5) is 0 Å². The summed E-state index contributed by atoms with van der Waals surface area (Å²) in [5.41, 5.74) is 0. The van der Waals surface area contributed by atoms with Crippen molar-refractivity contribution in [3.8, 4) is 0 Å². The van der Waals surface area contributed by atoms with Gasteiger partial charge in [0, 0.05) is 17.1 Å². The van der Waals surface area contributed by atoms with Gasteiger partial charge in [-0.05, 0) is 28.2 Å². The molecule has 0 rings (SSSR count). The van der Waals surface area contributed by atoms with Crippen LogP contribution < -0.4 is 0 Å². The fourth-order valence-electron chi connectivity index (χ4n) is 0.904. The Labute approximate surface area is 77.6 Å². The summed E-state index contributed by atoms with van der Waals surface area (Å²) in [6, 6.07) is 0. The van der Waals surface area contributed by atoms with Gasteiger partial charge in [-0.15, -0.1) is 0 Å². The number of carbonyl (C=O) groups is 1. The molecule has 0 amide bonds. The molecule has 71 valence electrons. The van der Waals surface area contributed by atoms with Gasteiger partial charge in [0.2, 0.25) is 0 Å². The zero-order valence-electron chi connectivity index (χ0n) is 7.13. The Bertz CT molecular complexity index is 120. The van der Waals surface area contributed by atoms with E-state index in [9.17, 15) is 4.79 Å². The minimum absolute atomic E-state index is 0. The van der Waals surface area contributed by atoms with Gasteiger partial charge in [0.25, 0.3) is 0 Å². The van der Waals surface area contributed by atoms with E-state index < -0.39 is 12.1 Å². The SMILES string of the molecule is CN(C)C(C(=O)O)N(C)C.[Cu]. The molecule has 0 heterocycles. The van der Waals surface area contributed by atoms with Gasteiger partial charge in [-0.2, -0.15) is 0 Å². The molecule has 4 nitrogen and oxygen atoms in total. The zero-order chi connectivity index (χ0) is 8.31. The maximum atomic E-state index is 10.5. The van der Waals surface area contributed by atoms with E-state index in [1.165, 1.54) is 0 Å². The topological polar surface area (TPSA) is 43.8 Å². The molecule has 0 aromatic carbocycles. The number of carboxylic acid groups (broad SMARTS) is 1. The van der Waals surface area contributed by atoms with E-state index in [1.807, 2.05) is 0 Å². The van der Waals surface area contributed by atoms with Gasteiger partial charge >= 0.3 is 5.97 Å². The quantitative estimate of drug-likeness (QED) is 0.504. The van der Waals surface area contributed by atoms with Gasteiger partial charge in [0.05, 0.1) is 0 Å². The third-order valence-electron chi connectivity index (χ3n) is 1.20. The van der Waals surface area contributed by atoms with Crippen LogP contribution in [0.15, 0.2) is 0 Å². The van der Waals surface area contributed by atoms with Crippen LogP contribution in [0.3, 0.4) is 0 Å². The standard InChI is InChI=1S/C6H14N2O2.Cu/c1-7(2)5(6(9)10)8(3)4;/h5H,1-4H3,(H,9,10);. The first kappa shape index (κ1) is 13.5. The predicted molar refractivity (Wildman–Crippen MR) is 38.8 cm³/mol. The first-order valence-corrected chi connectivity index (χ1v) is 3.02. The number of nitrogens with zero attached hydrogens (tertiary/aromatic N) is 2. The predicted octanol–water partition coefficient (Wildman–Crippen LogP) is -0.482. The minimum atomic E-state index is -0.824. The van der Waals surface area contributed by atoms with Crippen LogP contribution in [0.25, 0.3) is 0 Å². The van der Waals surface area contributed by atoms with E-state index in [4.69, 9.17) is 5.11 Å². The normalized spacial score (nSPS) is 10.5. The van der Waals surface area contributed by atoms with Crippen molar-refractivity contribution in [1.82, 2.24) is 9.80 Å². The molecule has 11 heavy (non-hydrogen) atoms. The van der Waals surface area contributed by atoms with Crippen molar-refractivity contribution in [2.24, 2.45) is 0 Å². The minimum Gasteiger partial charge on any atom is -0.479 e. The van der Waals surface area contributed by atoms with Crippen LogP contribution in [0.2, 0.25) is 0 Å². The molecular formula is C6H14CuN2O2. The number of aliphatic carboxylic acids is 1. The number of hydrogen-bond donors (Lipinski definition) is 1. The molecule has 0 bridgehead atoms. The summed E-state index contributed by atoms with van der Waals surface area (Å²) in [6.45, 7) is 0. The van der Waals surface area contributed by atoms with Crippen molar-refractivity contribution in [1.29, 1.82) is 0 Å². The Hall–Kier alpha value is -0.0905. The third-order valence-corrected chi connectivity index (χ3v) is 1.20. The largest absolute Gasteiger partial charge is 0.479 e. The smallest absolute Gasteiger partial charge is 0.336 e. The third kappa shape index (κ3) is 4.37. The molecule has 5 heteroatoms. The maximum absolute atomic E-state index is 10.5. The molecule has 0 unspecified atom stereocenters. The van der Waals surface area contributed by atoms with Crippen molar-refractivity contribution in [2.45, 2.75) is 6.17 Å². The van der Waals surface area contributed by atoms with Crippen LogP contribution in [0, 0.1) is 0 Å². The number of likely N-dealkylation sites (N-methyl/N-ethyl adjacent to an activating group) is 2. The molecule has 0 spiro atoms. The number of hydrogen-bond acceptors (Lipinski definition) is 3. The summed E-state index contributed by atoms with van der Waals surface area (Å²) in [5, 5.41) is 8.63. The zero-order valence-corrected chi connectivity index (χ0v) is 8.07. The van der Waals surface area contributed by atoms with E-state index in [2.05, 4.69) is 0 Å².